The van der Waals surface area contributed by atoms with Gasteiger partial charge in [0.25, 0.3) is 0 Å². The average molecular weight is 125 g/mol. The number of carbonyl (C=O) groups is 1. The van der Waals surface area contributed by atoms with Gasteiger partial charge in [-0.1, -0.05) is 0 Å². The molecular weight excluding hydrogens is 119 g/mol. The van der Waals surface area contributed by atoms with Crippen molar-refractivity contribution in [3.63, 3.8) is 0 Å². The molecule has 0 fully saturated rings. The number of ether oxygens (including phenoxy) is 1. The van der Waals surface area contributed by atoms with E-state index in [1.54, 1.807) is 0 Å². The highest BCUT2D eigenvalue weighted by atomic mass is 35.5. The summed E-state index contributed by atoms with van der Waals surface area (Å²) in [5.74, 6) is 0. The van der Waals surface area contributed by atoms with Crippen molar-refractivity contribution in [3.8, 4) is 0 Å². The monoisotopic (exact) mass is 124 g/mol. The van der Waals surface area contributed by atoms with Gasteiger partial charge in [0.1, 0.15) is 13.4 Å². The van der Waals surface area contributed by atoms with Crippen molar-refractivity contribution in [1.29, 1.82) is 0 Å². The summed E-state index contributed by atoms with van der Waals surface area (Å²) in [5, 5.41) is 7.28. The number of halogens is 1. The largest absolute Gasteiger partial charge is 0.371 e. The minimum atomic E-state index is -0.603. The van der Waals surface area contributed by atoms with Gasteiger partial charge in [-0.2, -0.15) is 0 Å². The number of hydrogen-bond acceptors (Lipinski definition) is 3. The van der Waals surface area contributed by atoms with E-state index in [2.05, 4.69) is 4.74 Å². The van der Waals surface area contributed by atoms with Crippen molar-refractivity contribution < 1.29 is 14.6 Å². The molecule has 42 valence electrons. The zero-order chi connectivity index (χ0) is 5.70. The van der Waals surface area contributed by atoms with Crippen LogP contribution in [0, 0.1) is 0 Å². The SMILES string of the molecule is O=C(Cl)COCO. The maximum Gasteiger partial charge on any atom is 0.247 e. The van der Waals surface area contributed by atoms with Gasteiger partial charge < -0.3 is 9.84 Å². The molecule has 0 heterocycles. The van der Waals surface area contributed by atoms with Crippen LogP contribution in [0.1, 0.15) is 0 Å². The van der Waals surface area contributed by atoms with Gasteiger partial charge in [-0.25, -0.2) is 0 Å². The lowest BCUT2D eigenvalue weighted by Crippen LogP contribution is -2.01. The predicted molar refractivity (Wildman–Crippen MR) is 23.9 cm³/mol. The van der Waals surface area contributed by atoms with E-state index in [-0.39, 0.29) is 6.61 Å². The lowest BCUT2D eigenvalue weighted by Gasteiger charge is -1.89. The van der Waals surface area contributed by atoms with E-state index in [4.69, 9.17) is 16.7 Å². The summed E-state index contributed by atoms with van der Waals surface area (Å²) < 4.78 is 4.17. The minimum Gasteiger partial charge on any atom is -0.371 e. The Morgan fingerprint density at radius 2 is 2.43 bits per heavy atom. The molecule has 0 saturated carbocycles. The lowest BCUT2D eigenvalue weighted by atomic mass is 10.8. The van der Waals surface area contributed by atoms with Crippen molar-refractivity contribution in [2.45, 2.75) is 0 Å². The summed E-state index contributed by atoms with van der Waals surface area (Å²) in [6.07, 6.45) is 0. The average Bonchev–Trinajstić information content (AvgIpc) is 1.61. The van der Waals surface area contributed by atoms with Gasteiger partial charge in [-0.3, -0.25) is 4.79 Å². The Kier molecular flexibility index (Phi) is 3.98. The van der Waals surface area contributed by atoms with Crippen LogP contribution in [-0.4, -0.2) is 23.7 Å². The summed E-state index contributed by atoms with van der Waals surface area (Å²) in [6, 6.07) is 0. The zero-order valence-corrected chi connectivity index (χ0v) is 4.31. The molecule has 0 aromatic carbocycles. The van der Waals surface area contributed by atoms with E-state index < -0.39 is 12.0 Å². The Morgan fingerprint density at radius 3 is 2.57 bits per heavy atom. The third-order valence-corrected chi connectivity index (χ3v) is 0.416. The van der Waals surface area contributed by atoms with Crippen LogP contribution in [0.4, 0.5) is 0 Å². The van der Waals surface area contributed by atoms with Crippen molar-refractivity contribution in [2.24, 2.45) is 0 Å². The van der Waals surface area contributed by atoms with E-state index in [9.17, 15) is 4.79 Å². The van der Waals surface area contributed by atoms with Crippen LogP contribution in [0.25, 0.3) is 0 Å². The van der Waals surface area contributed by atoms with Gasteiger partial charge in [0.05, 0.1) is 0 Å². The first-order valence-corrected chi connectivity index (χ1v) is 2.02. The summed E-state index contributed by atoms with van der Waals surface area (Å²) in [6.45, 7) is -0.684. The first-order chi connectivity index (χ1) is 3.27. The Balaban J connectivity index is 2.82. The molecule has 7 heavy (non-hydrogen) atoms. The maximum atomic E-state index is 9.73. The Labute approximate surface area is 45.8 Å². The lowest BCUT2D eigenvalue weighted by molar-refractivity contribution is -0.119. The smallest absolute Gasteiger partial charge is 0.247 e. The van der Waals surface area contributed by atoms with Crippen LogP contribution >= 0.6 is 11.6 Å². The van der Waals surface area contributed by atoms with Crippen molar-refractivity contribution >= 4 is 16.8 Å². The number of hydrogen-bond donors (Lipinski definition) is 1. The van der Waals surface area contributed by atoms with E-state index >= 15 is 0 Å². The molecule has 0 bridgehead atoms. The highest BCUT2D eigenvalue weighted by Gasteiger charge is 1.90. The van der Waals surface area contributed by atoms with Crippen LogP contribution in [0.15, 0.2) is 0 Å². The van der Waals surface area contributed by atoms with Gasteiger partial charge in [0.2, 0.25) is 5.24 Å². The molecule has 0 spiro atoms. The second kappa shape index (κ2) is 4.05. The third kappa shape index (κ3) is 5.88. The van der Waals surface area contributed by atoms with Crippen LogP contribution in [0.3, 0.4) is 0 Å². The topological polar surface area (TPSA) is 46.5 Å². The molecule has 0 unspecified atom stereocenters. The molecule has 0 aliphatic carbocycles. The standard InChI is InChI=1S/C3H5ClO3/c4-3(6)1-7-2-5/h5H,1-2H2. The van der Waals surface area contributed by atoms with E-state index in [1.807, 2.05) is 0 Å². The molecule has 0 aliphatic rings. The molecular formula is C3H5ClO3. The molecule has 0 atom stereocenters. The normalized spacial score (nSPS) is 8.86. The van der Waals surface area contributed by atoms with E-state index in [0.29, 0.717) is 0 Å². The number of rotatable bonds is 3. The Hall–Kier alpha value is -0.120. The van der Waals surface area contributed by atoms with Crippen LogP contribution in [0.5, 0.6) is 0 Å². The number of carbonyl (C=O) groups excluding carboxylic acids is 1. The van der Waals surface area contributed by atoms with Gasteiger partial charge >= 0.3 is 0 Å². The van der Waals surface area contributed by atoms with Crippen LogP contribution < -0.4 is 0 Å². The van der Waals surface area contributed by atoms with Crippen LogP contribution in [0.2, 0.25) is 0 Å². The highest BCUT2D eigenvalue weighted by Crippen LogP contribution is 1.78. The first kappa shape index (κ1) is 6.88. The fraction of sp³-hybridized carbons (Fsp3) is 0.667. The molecule has 0 aromatic heterocycles. The predicted octanol–water partition coefficient (Wildman–Crippen LogP) is -0.282. The van der Waals surface area contributed by atoms with Gasteiger partial charge in [0, 0.05) is 0 Å². The Bertz CT molecular complexity index is 63.2. The van der Waals surface area contributed by atoms with Crippen LogP contribution in [-0.2, 0) is 9.53 Å². The van der Waals surface area contributed by atoms with Crippen molar-refractivity contribution in [2.75, 3.05) is 13.4 Å². The van der Waals surface area contributed by atoms with Gasteiger partial charge in [-0.15, -0.1) is 0 Å². The third-order valence-electron chi connectivity index (χ3n) is 0.307. The molecule has 0 aliphatic heterocycles. The van der Waals surface area contributed by atoms with Crippen molar-refractivity contribution in [1.82, 2.24) is 0 Å². The van der Waals surface area contributed by atoms with E-state index in [0.717, 1.165) is 0 Å². The molecule has 0 aromatic rings. The molecule has 0 rings (SSSR count). The fourth-order valence-electron chi connectivity index (χ4n) is 0.126. The summed E-state index contributed by atoms with van der Waals surface area (Å²) in [4.78, 5) is 9.73. The quantitative estimate of drug-likeness (QED) is 0.416. The number of aliphatic hydroxyl groups is 1. The molecule has 0 amide bonds. The maximum absolute atomic E-state index is 9.73. The Morgan fingerprint density at radius 1 is 1.86 bits per heavy atom. The highest BCUT2D eigenvalue weighted by molar-refractivity contribution is 6.63. The summed E-state index contributed by atoms with van der Waals surface area (Å²) in [5.41, 5.74) is 0. The molecule has 4 heteroatoms. The van der Waals surface area contributed by atoms with Gasteiger partial charge in [-0.05, 0) is 11.6 Å². The summed E-state index contributed by atoms with van der Waals surface area (Å²) >= 11 is 4.78. The minimum absolute atomic E-state index is 0.224. The zero-order valence-electron chi connectivity index (χ0n) is 3.56. The second-order valence-electron chi connectivity index (χ2n) is 0.833. The fourth-order valence-corrected chi connectivity index (χ4v) is 0.203. The van der Waals surface area contributed by atoms with Crippen molar-refractivity contribution in [3.05, 3.63) is 0 Å². The van der Waals surface area contributed by atoms with Gasteiger partial charge in [0.15, 0.2) is 0 Å². The molecule has 3 nitrogen and oxygen atoms in total. The second-order valence-corrected chi connectivity index (χ2v) is 1.25. The van der Waals surface area contributed by atoms with E-state index in [1.165, 1.54) is 0 Å². The molecule has 0 saturated heterocycles. The molecule has 1 N–H and O–H groups in total. The number of aliphatic hydroxyl groups excluding tert-OH is 1. The molecule has 0 radical (unpaired) electrons. The first-order valence-electron chi connectivity index (χ1n) is 1.64. The summed E-state index contributed by atoms with van der Waals surface area (Å²) in [7, 11) is 0.